The van der Waals surface area contributed by atoms with Crippen LogP contribution in [0.4, 0.5) is 5.69 Å². The van der Waals surface area contributed by atoms with E-state index in [2.05, 4.69) is 0 Å². The van der Waals surface area contributed by atoms with Gasteiger partial charge in [0, 0.05) is 0 Å². The van der Waals surface area contributed by atoms with Gasteiger partial charge >= 0.3 is 11.9 Å². The van der Waals surface area contributed by atoms with Crippen LogP contribution in [-0.4, -0.2) is 42.2 Å². The second kappa shape index (κ2) is 10.5. The van der Waals surface area contributed by atoms with E-state index in [1.165, 1.54) is 4.90 Å². The number of benzene rings is 2. The zero-order valence-corrected chi connectivity index (χ0v) is 23.1. The zero-order valence-electron chi connectivity index (χ0n) is 22.3. The molecule has 0 unspecified atom stereocenters. The molecule has 2 aromatic carbocycles. The normalized spacial score (nSPS) is 13.1. The van der Waals surface area contributed by atoms with Crippen molar-refractivity contribution in [1.82, 2.24) is 0 Å². The fraction of sp³-hybridized carbons (Fsp3) is 0.345. The molecule has 0 saturated heterocycles. The van der Waals surface area contributed by atoms with Gasteiger partial charge in [0.25, 0.3) is 5.91 Å². The minimum Gasteiger partial charge on any atom is -0.481 e. The summed E-state index contributed by atoms with van der Waals surface area (Å²) in [7, 11) is 0. The van der Waals surface area contributed by atoms with Crippen LogP contribution in [0.15, 0.2) is 53.2 Å². The van der Waals surface area contributed by atoms with Gasteiger partial charge in [0.15, 0.2) is 12.4 Å². The Morgan fingerprint density at radius 2 is 1.61 bits per heavy atom. The minimum absolute atomic E-state index is 0.0906. The smallest absolute Gasteiger partial charge is 0.344 e. The summed E-state index contributed by atoms with van der Waals surface area (Å²) >= 11 is 1.56. The predicted octanol–water partition coefficient (Wildman–Crippen LogP) is 6.23. The van der Waals surface area contributed by atoms with Gasteiger partial charge in [0.2, 0.25) is 0 Å². The third-order valence-electron chi connectivity index (χ3n) is 5.24. The maximum Gasteiger partial charge on any atom is 0.344 e. The summed E-state index contributed by atoms with van der Waals surface area (Å²) in [4.78, 5) is 40.6. The number of nitrogens with zero attached hydrogens (tertiary/aromatic N) is 1. The molecule has 1 aliphatic rings. The van der Waals surface area contributed by atoms with Crippen LogP contribution in [-0.2, 0) is 19.1 Å². The summed E-state index contributed by atoms with van der Waals surface area (Å²) in [5.74, 6) is -0.901. The van der Waals surface area contributed by atoms with E-state index < -0.39 is 35.7 Å². The van der Waals surface area contributed by atoms with E-state index in [1.54, 1.807) is 77.1 Å². The van der Waals surface area contributed by atoms with Crippen molar-refractivity contribution in [2.24, 2.45) is 0 Å². The fourth-order valence-electron chi connectivity index (χ4n) is 3.88. The lowest BCUT2D eigenvalue weighted by Crippen LogP contribution is -2.38. The molecule has 0 radical (unpaired) electrons. The number of amides is 1. The summed E-state index contributed by atoms with van der Waals surface area (Å²) in [5, 5.41) is 3.96. The van der Waals surface area contributed by atoms with Crippen LogP contribution in [0.2, 0.25) is 0 Å². The van der Waals surface area contributed by atoms with Crippen molar-refractivity contribution in [2.75, 3.05) is 18.1 Å². The molecule has 0 bridgehead atoms. The highest BCUT2D eigenvalue weighted by Crippen LogP contribution is 2.43. The number of hydrogen-bond donors (Lipinski definition) is 0. The van der Waals surface area contributed by atoms with Crippen LogP contribution >= 0.6 is 11.3 Å². The topological polar surface area (TPSA) is 91.4 Å². The van der Waals surface area contributed by atoms with E-state index in [0.717, 1.165) is 11.1 Å². The van der Waals surface area contributed by atoms with Gasteiger partial charge in [0.1, 0.15) is 34.8 Å². The molecule has 0 aliphatic carbocycles. The number of hydrogen-bond acceptors (Lipinski definition) is 8. The molecular formula is C29H31NO7S. The molecule has 38 heavy (non-hydrogen) atoms. The van der Waals surface area contributed by atoms with E-state index in [0.29, 0.717) is 11.4 Å². The molecule has 1 aromatic heterocycles. The SMILES string of the molecule is CC(C)(C)OC(=O)COc1cccc2c1C(=O)N(CC(=O)OC(C)(C)C)c1cc(-c3ccsc3)ccc1O2. The summed E-state index contributed by atoms with van der Waals surface area (Å²) in [6, 6.07) is 12.3. The highest BCUT2D eigenvalue weighted by molar-refractivity contribution is 7.08. The molecule has 9 heteroatoms. The van der Waals surface area contributed by atoms with Crippen LogP contribution in [0, 0.1) is 0 Å². The first-order valence-electron chi connectivity index (χ1n) is 12.2. The summed E-state index contributed by atoms with van der Waals surface area (Å²) in [6.45, 7) is 9.81. The Kier molecular flexibility index (Phi) is 7.51. The maximum absolute atomic E-state index is 14.0. The first-order valence-corrected chi connectivity index (χ1v) is 13.1. The van der Waals surface area contributed by atoms with Gasteiger partial charge in [-0.25, -0.2) is 4.79 Å². The number of fused-ring (bicyclic) bond motifs is 2. The quantitative estimate of drug-likeness (QED) is 0.344. The molecule has 0 saturated carbocycles. The molecule has 1 amide bonds. The second-order valence-electron chi connectivity index (χ2n) is 10.8. The van der Waals surface area contributed by atoms with Crippen LogP contribution in [0.5, 0.6) is 17.2 Å². The van der Waals surface area contributed by atoms with Crippen molar-refractivity contribution in [3.05, 3.63) is 58.8 Å². The van der Waals surface area contributed by atoms with Gasteiger partial charge in [-0.05, 0) is 93.8 Å². The van der Waals surface area contributed by atoms with Gasteiger partial charge in [-0.15, -0.1) is 0 Å². The Balaban J connectivity index is 1.74. The Bertz CT molecular complexity index is 1350. The Labute approximate surface area is 226 Å². The molecule has 0 fully saturated rings. The van der Waals surface area contributed by atoms with Crippen molar-refractivity contribution in [3.8, 4) is 28.4 Å². The predicted molar refractivity (Wildman–Crippen MR) is 145 cm³/mol. The third kappa shape index (κ3) is 6.52. The minimum atomic E-state index is -0.733. The monoisotopic (exact) mass is 537 g/mol. The van der Waals surface area contributed by atoms with E-state index >= 15 is 0 Å². The molecule has 0 spiro atoms. The molecule has 8 nitrogen and oxygen atoms in total. The van der Waals surface area contributed by atoms with Gasteiger partial charge in [-0.2, -0.15) is 11.3 Å². The number of anilines is 1. The van der Waals surface area contributed by atoms with E-state index in [-0.39, 0.29) is 23.6 Å². The van der Waals surface area contributed by atoms with E-state index in [4.69, 9.17) is 18.9 Å². The van der Waals surface area contributed by atoms with Crippen molar-refractivity contribution < 1.29 is 33.3 Å². The Hall–Kier alpha value is -3.85. The van der Waals surface area contributed by atoms with Crippen molar-refractivity contribution >= 4 is 34.9 Å². The number of ether oxygens (including phenoxy) is 4. The molecule has 3 aromatic rings. The van der Waals surface area contributed by atoms with Gasteiger partial charge in [-0.1, -0.05) is 12.1 Å². The Morgan fingerprint density at radius 3 is 2.26 bits per heavy atom. The van der Waals surface area contributed by atoms with E-state index in [1.807, 2.05) is 29.0 Å². The standard InChI is InChI=1S/C29H31NO7S/c1-28(2,3)36-24(31)15-30-20-14-18(19-12-13-38-17-19)10-11-21(20)35-23-9-7-8-22(26(23)27(30)33)34-16-25(32)37-29(4,5)6/h7-14,17H,15-16H2,1-6H3. The highest BCUT2D eigenvalue weighted by Gasteiger charge is 2.34. The lowest BCUT2D eigenvalue weighted by Gasteiger charge is -2.25. The van der Waals surface area contributed by atoms with E-state index in [9.17, 15) is 14.4 Å². The lowest BCUT2D eigenvalue weighted by atomic mass is 10.1. The summed E-state index contributed by atoms with van der Waals surface area (Å²) in [5.41, 5.74) is 0.933. The van der Waals surface area contributed by atoms with Gasteiger partial charge in [-0.3, -0.25) is 14.5 Å². The number of esters is 2. The molecule has 200 valence electrons. The average molecular weight is 538 g/mol. The summed E-state index contributed by atoms with van der Waals surface area (Å²) in [6.07, 6.45) is 0. The van der Waals surface area contributed by atoms with Crippen molar-refractivity contribution in [3.63, 3.8) is 0 Å². The van der Waals surface area contributed by atoms with Gasteiger partial charge < -0.3 is 18.9 Å². The average Bonchev–Trinajstić information content (AvgIpc) is 3.30. The molecule has 4 rings (SSSR count). The van der Waals surface area contributed by atoms with Crippen LogP contribution in [0.25, 0.3) is 11.1 Å². The Morgan fingerprint density at radius 1 is 0.895 bits per heavy atom. The third-order valence-corrected chi connectivity index (χ3v) is 5.93. The summed E-state index contributed by atoms with van der Waals surface area (Å²) < 4.78 is 22.8. The molecule has 2 heterocycles. The highest BCUT2D eigenvalue weighted by atomic mass is 32.1. The fourth-order valence-corrected chi connectivity index (χ4v) is 4.55. The van der Waals surface area contributed by atoms with Crippen molar-refractivity contribution in [2.45, 2.75) is 52.7 Å². The maximum atomic E-state index is 14.0. The molecular weight excluding hydrogens is 506 g/mol. The first kappa shape index (κ1) is 27.2. The first-order chi connectivity index (χ1) is 17.8. The molecule has 1 aliphatic heterocycles. The van der Waals surface area contributed by atoms with Gasteiger partial charge in [0.05, 0.1) is 5.69 Å². The lowest BCUT2D eigenvalue weighted by molar-refractivity contribution is -0.157. The van der Waals surface area contributed by atoms with Crippen LogP contribution < -0.4 is 14.4 Å². The number of carbonyl (C=O) groups excluding carboxylic acids is 3. The van der Waals surface area contributed by atoms with Crippen LogP contribution in [0.1, 0.15) is 51.9 Å². The number of thiophene rings is 1. The largest absolute Gasteiger partial charge is 0.481 e. The number of rotatable bonds is 6. The number of carbonyl (C=O) groups is 3. The zero-order chi connectivity index (χ0) is 27.7. The van der Waals surface area contributed by atoms with Crippen molar-refractivity contribution in [1.29, 1.82) is 0 Å². The molecule has 0 N–H and O–H groups in total. The molecule has 0 atom stereocenters. The second-order valence-corrected chi connectivity index (χ2v) is 11.6. The van der Waals surface area contributed by atoms with Crippen LogP contribution in [0.3, 0.4) is 0 Å².